The van der Waals surface area contributed by atoms with Crippen molar-refractivity contribution >= 4 is 22.8 Å². The molecule has 0 spiro atoms. The van der Waals surface area contributed by atoms with Gasteiger partial charge < -0.3 is 20.5 Å². The summed E-state index contributed by atoms with van der Waals surface area (Å²) in [7, 11) is 3.50. The predicted octanol–water partition coefficient (Wildman–Crippen LogP) is 1.78. The van der Waals surface area contributed by atoms with Crippen LogP contribution in [-0.4, -0.2) is 45.1 Å². The second-order valence-corrected chi connectivity index (χ2v) is 5.57. The Balaban J connectivity index is 1.84. The maximum absolute atomic E-state index is 8.96. The number of anilines is 2. The Morgan fingerprint density at radius 1 is 1.20 bits per heavy atom. The molecule has 0 amide bonds. The Bertz CT molecular complexity index is 848. The van der Waals surface area contributed by atoms with Gasteiger partial charge in [-0.25, -0.2) is 0 Å². The molecule has 0 saturated carbocycles. The van der Waals surface area contributed by atoms with Gasteiger partial charge in [0.05, 0.1) is 18.7 Å². The van der Waals surface area contributed by atoms with Crippen molar-refractivity contribution in [2.75, 3.05) is 30.9 Å². The van der Waals surface area contributed by atoms with E-state index < -0.39 is 0 Å². The third-order valence-corrected chi connectivity index (χ3v) is 3.85. The van der Waals surface area contributed by atoms with Gasteiger partial charge in [-0.05, 0) is 12.5 Å². The SMILES string of the molecule is COc1ccccc1CNc1nc(NCCCO)c2cnn(C)c2n1. The number of aryl methyl sites for hydroxylation is 1. The van der Waals surface area contributed by atoms with Crippen molar-refractivity contribution in [2.45, 2.75) is 13.0 Å². The number of fused-ring (bicyclic) bond motifs is 1. The summed E-state index contributed by atoms with van der Waals surface area (Å²) in [5, 5.41) is 20.5. The van der Waals surface area contributed by atoms with E-state index in [1.807, 2.05) is 31.3 Å². The van der Waals surface area contributed by atoms with Gasteiger partial charge in [-0.3, -0.25) is 4.68 Å². The predicted molar refractivity (Wildman–Crippen MR) is 96.8 cm³/mol. The van der Waals surface area contributed by atoms with E-state index in [1.165, 1.54) is 0 Å². The molecule has 0 aliphatic heterocycles. The maximum atomic E-state index is 8.96. The highest BCUT2D eigenvalue weighted by molar-refractivity contribution is 5.87. The fourth-order valence-corrected chi connectivity index (χ4v) is 2.55. The Kier molecular flexibility index (Phi) is 5.30. The second-order valence-electron chi connectivity index (χ2n) is 5.57. The number of rotatable bonds is 8. The average molecular weight is 342 g/mol. The number of nitrogens with one attached hydrogen (secondary N) is 2. The van der Waals surface area contributed by atoms with Crippen LogP contribution in [0.3, 0.4) is 0 Å². The normalized spacial score (nSPS) is 10.8. The average Bonchev–Trinajstić information content (AvgIpc) is 3.01. The first kappa shape index (κ1) is 17.0. The number of ether oxygens (including phenoxy) is 1. The number of aromatic nitrogens is 4. The number of benzene rings is 1. The van der Waals surface area contributed by atoms with Crippen molar-refractivity contribution < 1.29 is 9.84 Å². The highest BCUT2D eigenvalue weighted by Crippen LogP contribution is 2.23. The lowest BCUT2D eigenvalue weighted by atomic mass is 10.2. The van der Waals surface area contributed by atoms with E-state index >= 15 is 0 Å². The van der Waals surface area contributed by atoms with E-state index in [1.54, 1.807) is 18.0 Å². The monoisotopic (exact) mass is 342 g/mol. The van der Waals surface area contributed by atoms with Crippen molar-refractivity contribution in [3.63, 3.8) is 0 Å². The van der Waals surface area contributed by atoms with E-state index in [-0.39, 0.29) is 6.61 Å². The van der Waals surface area contributed by atoms with Crippen molar-refractivity contribution in [3.8, 4) is 5.75 Å². The third kappa shape index (κ3) is 3.80. The van der Waals surface area contributed by atoms with Crippen LogP contribution in [0.25, 0.3) is 11.0 Å². The van der Waals surface area contributed by atoms with Crippen molar-refractivity contribution in [2.24, 2.45) is 7.05 Å². The molecule has 3 aromatic rings. The molecule has 1 aromatic carbocycles. The van der Waals surface area contributed by atoms with Gasteiger partial charge in [0.25, 0.3) is 0 Å². The first-order valence-electron chi connectivity index (χ1n) is 8.13. The molecule has 2 heterocycles. The quantitative estimate of drug-likeness (QED) is 0.537. The van der Waals surface area contributed by atoms with Gasteiger partial charge in [0, 0.05) is 32.3 Å². The fourth-order valence-electron chi connectivity index (χ4n) is 2.55. The summed E-state index contributed by atoms with van der Waals surface area (Å²) in [4.78, 5) is 9.09. The molecule has 0 atom stereocenters. The maximum Gasteiger partial charge on any atom is 0.226 e. The van der Waals surface area contributed by atoms with Gasteiger partial charge in [0.15, 0.2) is 5.65 Å². The lowest BCUT2D eigenvalue weighted by molar-refractivity contribution is 0.292. The Hall–Kier alpha value is -2.87. The van der Waals surface area contributed by atoms with Crippen molar-refractivity contribution in [3.05, 3.63) is 36.0 Å². The van der Waals surface area contributed by atoms with E-state index in [4.69, 9.17) is 9.84 Å². The number of aliphatic hydroxyl groups excluding tert-OH is 1. The number of methoxy groups -OCH3 is 1. The second kappa shape index (κ2) is 7.80. The zero-order chi connectivity index (χ0) is 17.6. The molecule has 132 valence electrons. The Labute approximate surface area is 145 Å². The van der Waals surface area contributed by atoms with Gasteiger partial charge in [0.1, 0.15) is 11.6 Å². The molecule has 2 aromatic heterocycles. The molecule has 0 unspecified atom stereocenters. The zero-order valence-corrected chi connectivity index (χ0v) is 14.4. The van der Waals surface area contributed by atoms with E-state index in [2.05, 4.69) is 25.7 Å². The molecule has 3 N–H and O–H groups in total. The fraction of sp³-hybridized carbons (Fsp3) is 0.353. The number of nitrogens with zero attached hydrogens (tertiary/aromatic N) is 4. The standard InChI is InChI=1S/C17H22N6O2/c1-23-16-13(11-20-23)15(18-8-5-9-24)21-17(22-16)19-10-12-6-3-4-7-14(12)25-2/h3-4,6-7,11,24H,5,8-10H2,1-2H3,(H2,18,19,21,22). The van der Waals surface area contributed by atoms with Crippen LogP contribution in [0.15, 0.2) is 30.5 Å². The summed E-state index contributed by atoms with van der Waals surface area (Å²) in [6.07, 6.45) is 2.39. The number of aliphatic hydroxyl groups is 1. The van der Waals surface area contributed by atoms with Crippen molar-refractivity contribution in [1.82, 2.24) is 19.7 Å². The molecular weight excluding hydrogens is 320 g/mol. The van der Waals surface area contributed by atoms with Crippen molar-refractivity contribution in [1.29, 1.82) is 0 Å². The highest BCUT2D eigenvalue weighted by atomic mass is 16.5. The summed E-state index contributed by atoms with van der Waals surface area (Å²) in [6.45, 7) is 1.31. The first-order valence-corrected chi connectivity index (χ1v) is 8.13. The van der Waals surface area contributed by atoms with Crippen LogP contribution in [0.2, 0.25) is 0 Å². The van der Waals surface area contributed by atoms with E-state index in [0.29, 0.717) is 31.3 Å². The lowest BCUT2D eigenvalue weighted by Gasteiger charge is -2.11. The van der Waals surface area contributed by atoms with Crippen LogP contribution < -0.4 is 15.4 Å². The minimum Gasteiger partial charge on any atom is -0.496 e. The third-order valence-electron chi connectivity index (χ3n) is 3.85. The smallest absolute Gasteiger partial charge is 0.226 e. The minimum atomic E-state index is 0.132. The van der Waals surface area contributed by atoms with Gasteiger partial charge in [-0.15, -0.1) is 0 Å². The molecule has 0 aliphatic rings. The largest absolute Gasteiger partial charge is 0.496 e. The van der Waals surface area contributed by atoms with E-state index in [9.17, 15) is 0 Å². The molecule has 8 heteroatoms. The van der Waals surface area contributed by atoms with Crippen LogP contribution in [0.4, 0.5) is 11.8 Å². The topological polar surface area (TPSA) is 97.1 Å². The number of hydrogen-bond donors (Lipinski definition) is 3. The van der Waals surface area contributed by atoms with Crippen LogP contribution in [-0.2, 0) is 13.6 Å². The zero-order valence-electron chi connectivity index (χ0n) is 14.4. The Morgan fingerprint density at radius 2 is 2.04 bits per heavy atom. The molecule has 3 rings (SSSR count). The molecule has 0 radical (unpaired) electrons. The molecular formula is C17H22N6O2. The summed E-state index contributed by atoms with van der Waals surface area (Å²) < 4.78 is 7.08. The lowest BCUT2D eigenvalue weighted by Crippen LogP contribution is -2.10. The molecule has 0 bridgehead atoms. The highest BCUT2D eigenvalue weighted by Gasteiger charge is 2.12. The van der Waals surface area contributed by atoms with Gasteiger partial charge in [0.2, 0.25) is 5.95 Å². The van der Waals surface area contributed by atoms with Gasteiger partial charge in [-0.2, -0.15) is 15.1 Å². The summed E-state index contributed by atoms with van der Waals surface area (Å²) in [5.74, 6) is 2.03. The number of para-hydroxylation sites is 1. The minimum absolute atomic E-state index is 0.132. The number of hydrogen-bond acceptors (Lipinski definition) is 7. The van der Waals surface area contributed by atoms with Crippen LogP contribution >= 0.6 is 0 Å². The van der Waals surface area contributed by atoms with Crippen LogP contribution in [0.5, 0.6) is 5.75 Å². The first-order chi connectivity index (χ1) is 12.2. The summed E-state index contributed by atoms with van der Waals surface area (Å²) >= 11 is 0. The molecule has 25 heavy (non-hydrogen) atoms. The Morgan fingerprint density at radius 3 is 2.84 bits per heavy atom. The molecule has 8 nitrogen and oxygen atoms in total. The summed E-state index contributed by atoms with van der Waals surface area (Å²) in [6, 6.07) is 7.81. The van der Waals surface area contributed by atoms with Gasteiger partial charge >= 0.3 is 0 Å². The van der Waals surface area contributed by atoms with Gasteiger partial charge in [-0.1, -0.05) is 18.2 Å². The molecule has 0 saturated heterocycles. The van der Waals surface area contributed by atoms with Crippen LogP contribution in [0.1, 0.15) is 12.0 Å². The summed E-state index contributed by atoms with van der Waals surface area (Å²) in [5.41, 5.74) is 1.76. The van der Waals surface area contributed by atoms with Crippen LogP contribution in [0, 0.1) is 0 Å². The van der Waals surface area contributed by atoms with E-state index in [0.717, 1.165) is 22.3 Å². The molecule has 0 aliphatic carbocycles. The molecule has 0 fully saturated rings.